The van der Waals surface area contributed by atoms with Gasteiger partial charge in [0.25, 0.3) is 0 Å². The van der Waals surface area contributed by atoms with E-state index in [0.29, 0.717) is 17.7 Å². The predicted octanol–water partition coefficient (Wildman–Crippen LogP) is 3.47. The van der Waals surface area contributed by atoms with E-state index in [0.717, 1.165) is 23.2 Å². The van der Waals surface area contributed by atoms with E-state index >= 15 is 0 Å². The van der Waals surface area contributed by atoms with Gasteiger partial charge < -0.3 is 14.6 Å². The number of hydrogen-bond acceptors (Lipinski definition) is 6. The van der Waals surface area contributed by atoms with E-state index < -0.39 is 11.8 Å². The van der Waals surface area contributed by atoms with Crippen LogP contribution in [0.4, 0.5) is 16.3 Å². The van der Waals surface area contributed by atoms with Crippen LogP contribution in [-0.2, 0) is 10.5 Å². The zero-order valence-corrected chi connectivity index (χ0v) is 14.5. The number of nitrogens with zero attached hydrogens (tertiary/aromatic N) is 3. The fourth-order valence-corrected chi connectivity index (χ4v) is 4.80. The van der Waals surface area contributed by atoms with Crippen LogP contribution in [0.5, 0.6) is 0 Å². The van der Waals surface area contributed by atoms with Crippen molar-refractivity contribution >= 4 is 23.2 Å². The maximum absolute atomic E-state index is 12.6. The molecule has 1 spiro atoms. The number of ether oxygens (including phenoxy) is 1. The monoisotopic (exact) mass is 360 g/mol. The van der Waals surface area contributed by atoms with Crippen molar-refractivity contribution in [1.82, 2.24) is 5.16 Å². The molecule has 7 nitrogen and oxygen atoms in total. The van der Waals surface area contributed by atoms with Crippen molar-refractivity contribution in [3.8, 4) is 6.07 Å². The first-order valence-corrected chi connectivity index (χ1v) is 9.08. The Hall–Kier alpha value is -3.27. The summed E-state index contributed by atoms with van der Waals surface area (Å²) in [4.78, 5) is 14.2. The van der Waals surface area contributed by atoms with Crippen LogP contribution in [-0.4, -0.2) is 17.3 Å². The Bertz CT molecular complexity index is 1050. The SMILES string of the molecule is CC1N(c2ccc(C3=C[C@@H]4[C@@H](C#N)[C@@H]4C3)cc2)C(=O)O[C@]12Nc1nocc12. The number of amides is 1. The predicted molar refractivity (Wildman–Crippen MR) is 95.3 cm³/mol. The molecule has 134 valence electrons. The Morgan fingerprint density at radius 2 is 2.19 bits per heavy atom. The van der Waals surface area contributed by atoms with Crippen LogP contribution in [0, 0.1) is 29.1 Å². The minimum atomic E-state index is -0.896. The van der Waals surface area contributed by atoms with Gasteiger partial charge in [0.15, 0.2) is 5.82 Å². The van der Waals surface area contributed by atoms with Gasteiger partial charge in [-0.05, 0) is 48.4 Å². The summed E-state index contributed by atoms with van der Waals surface area (Å²) in [5.41, 5.74) is 3.11. The summed E-state index contributed by atoms with van der Waals surface area (Å²) in [6.07, 6.45) is 4.33. The molecule has 27 heavy (non-hydrogen) atoms. The Balaban J connectivity index is 1.26. The molecule has 5 atom stereocenters. The molecule has 1 aromatic heterocycles. The molecule has 1 saturated heterocycles. The smallest absolute Gasteiger partial charge is 0.416 e. The normalized spacial score (nSPS) is 34.9. The van der Waals surface area contributed by atoms with Crippen molar-refractivity contribution in [3.05, 3.63) is 47.7 Å². The highest BCUT2D eigenvalue weighted by Gasteiger charge is 2.61. The molecule has 2 fully saturated rings. The molecule has 1 N–H and O–H groups in total. The zero-order chi connectivity index (χ0) is 18.3. The third-order valence-corrected chi connectivity index (χ3v) is 6.44. The molecule has 7 heteroatoms. The first kappa shape index (κ1) is 14.9. The molecule has 1 unspecified atom stereocenters. The minimum absolute atomic E-state index is 0.210. The van der Waals surface area contributed by atoms with Crippen molar-refractivity contribution in [1.29, 1.82) is 5.26 Å². The van der Waals surface area contributed by atoms with Gasteiger partial charge in [-0.25, -0.2) is 4.79 Å². The number of fused-ring (bicyclic) bond motifs is 3. The molecule has 1 saturated carbocycles. The summed E-state index contributed by atoms with van der Waals surface area (Å²) in [6, 6.07) is 10.1. The molecular weight excluding hydrogens is 344 g/mol. The van der Waals surface area contributed by atoms with Crippen molar-refractivity contribution < 1.29 is 14.1 Å². The molecule has 2 aliphatic heterocycles. The molecule has 1 aromatic carbocycles. The Morgan fingerprint density at radius 1 is 1.37 bits per heavy atom. The van der Waals surface area contributed by atoms with Crippen LogP contribution in [0.2, 0.25) is 0 Å². The number of carbonyl (C=O) groups excluding carboxylic acids is 1. The summed E-state index contributed by atoms with van der Waals surface area (Å²) in [6.45, 7) is 1.94. The van der Waals surface area contributed by atoms with Gasteiger partial charge in [0.2, 0.25) is 5.72 Å². The third-order valence-electron chi connectivity index (χ3n) is 6.44. The van der Waals surface area contributed by atoms with E-state index in [4.69, 9.17) is 14.5 Å². The molecule has 3 heterocycles. The van der Waals surface area contributed by atoms with E-state index in [9.17, 15) is 4.79 Å². The number of carbonyl (C=O) groups is 1. The lowest BCUT2D eigenvalue weighted by atomic mass is 9.91. The summed E-state index contributed by atoms with van der Waals surface area (Å²) in [7, 11) is 0. The molecular formula is C20H16N4O3. The second kappa shape index (κ2) is 4.71. The van der Waals surface area contributed by atoms with Gasteiger partial charge in [-0.3, -0.25) is 4.90 Å². The number of aromatic nitrogens is 1. The highest BCUT2D eigenvalue weighted by atomic mass is 16.6. The fourth-order valence-electron chi connectivity index (χ4n) is 4.80. The average Bonchev–Trinajstić information content (AvgIpc) is 2.97. The van der Waals surface area contributed by atoms with Crippen LogP contribution < -0.4 is 10.2 Å². The van der Waals surface area contributed by atoms with E-state index in [2.05, 4.69) is 22.6 Å². The van der Waals surface area contributed by atoms with Crippen molar-refractivity contribution in [2.75, 3.05) is 10.2 Å². The van der Waals surface area contributed by atoms with Gasteiger partial charge in [-0.15, -0.1) is 0 Å². The van der Waals surface area contributed by atoms with Crippen LogP contribution in [0.1, 0.15) is 24.5 Å². The van der Waals surface area contributed by atoms with E-state index in [1.54, 1.807) is 4.90 Å². The standard InChI is InChI=1S/C20H16N4O3/c1-10-20(17-9-26-23-18(17)22-20)27-19(25)24(10)13-4-2-11(3-5-13)12-6-14-15(7-12)16(14)8-21/h2-6,9-10,14-16H,7H2,1H3,(H,22,23)/t10?,14-,15+,16+,20+/m0/s1. The topological polar surface area (TPSA) is 91.4 Å². The number of nitrogens with one attached hydrogen (secondary N) is 1. The molecule has 2 aliphatic carbocycles. The van der Waals surface area contributed by atoms with E-state index in [1.165, 1.54) is 11.8 Å². The molecule has 0 bridgehead atoms. The van der Waals surface area contributed by atoms with Gasteiger partial charge in [-0.2, -0.15) is 5.26 Å². The van der Waals surface area contributed by atoms with Gasteiger partial charge in [0, 0.05) is 5.69 Å². The van der Waals surface area contributed by atoms with Gasteiger partial charge >= 0.3 is 6.09 Å². The number of nitriles is 1. The lowest BCUT2D eigenvalue weighted by Crippen LogP contribution is -2.52. The summed E-state index contributed by atoms with van der Waals surface area (Å²) in [5, 5.41) is 16.0. The zero-order valence-electron chi connectivity index (χ0n) is 14.5. The highest BCUT2D eigenvalue weighted by molar-refractivity contribution is 5.93. The molecule has 4 aliphatic rings. The summed E-state index contributed by atoms with van der Waals surface area (Å²) < 4.78 is 10.6. The maximum Gasteiger partial charge on any atom is 0.417 e. The van der Waals surface area contributed by atoms with Gasteiger partial charge in [-0.1, -0.05) is 23.4 Å². The molecule has 2 aromatic rings. The van der Waals surface area contributed by atoms with Gasteiger partial charge in [0.05, 0.1) is 12.0 Å². The van der Waals surface area contributed by atoms with E-state index in [-0.39, 0.29) is 12.0 Å². The van der Waals surface area contributed by atoms with Gasteiger partial charge in [0.1, 0.15) is 17.9 Å². The fraction of sp³-hybridized carbons (Fsp3) is 0.350. The molecule has 6 rings (SSSR count). The summed E-state index contributed by atoms with van der Waals surface area (Å²) in [5.74, 6) is 1.76. The first-order valence-electron chi connectivity index (χ1n) is 9.08. The highest BCUT2D eigenvalue weighted by Crippen LogP contribution is 2.57. The van der Waals surface area contributed by atoms with Crippen LogP contribution in [0.15, 0.2) is 41.1 Å². The molecule has 0 radical (unpaired) electrons. The lowest BCUT2D eigenvalue weighted by molar-refractivity contribution is 0.0490. The third kappa shape index (κ3) is 1.75. The Kier molecular flexibility index (Phi) is 2.59. The Labute approximate surface area is 155 Å². The molecule has 1 amide bonds. The number of anilines is 2. The van der Waals surface area contributed by atoms with Crippen molar-refractivity contribution in [3.63, 3.8) is 0 Å². The van der Waals surface area contributed by atoms with Crippen LogP contribution >= 0.6 is 0 Å². The lowest BCUT2D eigenvalue weighted by Gasteiger charge is -2.39. The van der Waals surface area contributed by atoms with E-state index in [1.807, 2.05) is 31.2 Å². The number of allylic oxidation sites excluding steroid dienone is 2. The minimum Gasteiger partial charge on any atom is -0.416 e. The number of benzene rings is 1. The van der Waals surface area contributed by atoms with Crippen LogP contribution in [0.3, 0.4) is 0 Å². The van der Waals surface area contributed by atoms with Crippen molar-refractivity contribution in [2.24, 2.45) is 17.8 Å². The second-order valence-electron chi connectivity index (χ2n) is 7.69. The average molecular weight is 360 g/mol. The Morgan fingerprint density at radius 3 is 2.85 bits per heavy atom. The summed E-state index contributed by atoms with van der Waals surface area (Å²) >= 11 is 0. The second-order valence-corrected chi connectivity index (χ2v) is 7.69. The largest absolute Gasteiger partial charge is 0.417 e. The van der Waals surface area contributed by atoms with Crippen LogP contribution in [0.25, 0.3) is 5.57 Å². The number of rotatable bonds is 2. The quantitative estimate of drug-likeness (QED) is 0.882. The number of hydrogen-bond donors (Lipinski definition) is 1. The maximum atomic E-state index is 12.6. The van der Waals surface area contributed by atoms with Crippen molar-refractivity contribution in [2.45, 2.75) is 25.1 Å². The first-order chi connectivity index (χ1) is 13.1.